The molecule has 0 amide bonds. The van der Waals surface area contributed by atoms with Crippen LogP contribution in [0.15, 0.2) is 333 Å². The van der Waals surface area contributed by atoms with Crippen LogP contribution in [0.5, 0.6) is 5.75 Å². The van der Waals surface area contributed by atoms with Crippen molar-refractivity contribution in [1.82, 2.24) is 15.0 Å². The minimum Gasteiger partial charge on any atom is -0.487 e. The van der Waals surface area contributed by atoms with Crippen LogP contribution in [0, 0.1) is 13.1 Å². The van der Waals surface area contributed by atoms with Crippen LogP contribution in [-0.2, 0) is 15.9 Å². The quantitative estimate of drug-likeness (QED) is 0.0651. The Bertz CT molecular complexity index is 5510. The van der Waals surface area contributed by atoms with E-state index in [9.17, 15) is 0 Å². The molecule has 1 fully saturated rings. The van der Waals surface area contributed by atoms with E-state index in [1.807, 2.05) is 146 Å². The molecule has 0 bridgehead atoms. The molecule has 1 aliphatic heterocycles. The van der Waals surface area contributed by atoms with Gasteiger partial charge in [0, 0.05) is 52.6 Å². The fourth-order valence-electron chi connectivity index (χ4n) is 12.4. The summed E-state index contributed by atoms with van der Waals surface area (Å²) < 4.78 is 24.7. The number of nitrogens with two attached hydrogens (primary N) is 1. The summed E-state index contributed by atoms with van der Waals surface area (Å²) in [4.78, 5) is 20.4. The molecular formula is C92H70BClN6O4. The van der Waals surface area contributed by atoms with Crippen LogP contribution in [0.2, 0.25) is 5.02 Å². The number of nitrogen functional groups attached to an aromatic ring is 1. The molecule has 12 aromatic carbocycles. The number of hydrogen-bond donors (Lipinski definition) is 1. The Kier molecular flexibility index (Phi) is 20.1. The van der Waals surface area contributed by atoms with Crippen LogP contribution in [0.3, 0.4) is 0 Å². The van der Waals surface area contributed by atoms with Crippen molar-refractivity contribution in [2.75, 3.05) is 5.73 Å². The number of oxazole rings is 1. The zero-order valence-corrected chi connectivity index (χ0v) is 58.5. The molecule has 15 aromatic rings. The number of fused-ring (bicyclic) bond motifs is 1. The second kappa shape index (κ2) is 30.6. The summed E-state index contributed by atoms with van der Waals surface area (Å²) in [6.07, 6.45) is 7.28. The van der Waals surface area contributed by atoms with Crippen LogP contribution in [0.1, 0.15) is 33.3 Å². The van der Waals surface area contributed by atoms with Crippen LogP contribution in [-0.4, -0.2) is 33.3 Å². The minimum absolute atomic E-state index is 0.327. The lowest BCUT2D eigenvalue weighted by Crippen LogP contribution is -2.41. The standard InChI is InChI=1S/C43H27N3O.C30H23ClN2O.C19H20BNO2/c1-44-39-23-21-32(22-24-39)31-9-11-34(12-10-31)38-26-40(35-17-13-33(14-18-35)37-8-5-25-45-28-37)42-41(27-38)47-43(46-42)36-19-15-30(16-20-36)29-6-3-2-4-7-29;31-27-17-28(25-14-12-24(13-15-25)26-7-4-16-33-19-26)30(32)29(18-27)34-20-21-8-10-23(11-9-21)22-5-2-1-3-6-22;1-18(2)19(3,4)23-20(22-18)16-10-6-14(7-11-16)15-8-12-17(21-5)13-9-15/h2-28H;1-19H,20,32H2;6-13H,1-4H3. The largest absolute Gasteiger partial charge is 0.494 e. The third-order valence-corrected chi connectivity index (χ3v) is 19.2. The van der Waals surface area contributed by atoms with E-state index in [-0.39, 0.29) is 18.3 Å². The van der Waals surface area contributed by atoms with Gasteiger partial charge < -0.3 is 24.2 Å². The van der Waals surface area contributed by atoms with Crippen LogP contribution in [0.25, 0.3) is 132 Å². The van der Waals surface area contributed by atoms with Gasteiger partial charge in [0.25, 0.3) is 0 Å². The highest BCUT2D eigenvalue weighted by atomic mass is 35.5. The third-order valence-electron chi connectivity index (χ3n) is 19.0. The number of rotatable bonds is 14. The normalized spacial score (nSPS) is 12.6. The predicted molar refractivity (Wildman–Crippen MR) is 425 cm³/mol. The molecule has 0 spiro atoms. The Labute approximate surface area is 612 Å². The van der Waals surface area contributed by atoms with E-state index in [0.29, 0.717) is 40.3 Å². The highest BCUT2D eigenvalue weighted by Crippen LogP contribution is 2.42. The predicted octanol–water partition coefficient (Wildman–Crippen LogP) is 23.9. The fourth-order valence-corrected chi connectivity index (χ4v) is 12.6. The summed E-state index contributed by atoms with van der Waals surface area (Å²) >= 11 is 6.43. The molecule has 2 N–H and O–H groups in total. The number of anilines is 1. The van der Waals surface area contributed by atoms with E-state index in [4.69, 9.17) is 53.9 Å². The SMILES string of the molecule is Nc1c(OCc2ccc(-c3ccccc3)cc2)cc(Cl)cc1-c1ccc(-c2cccnc2)cc1.[C-]#[N+]c1ccc(-c2ccc(-c3cc(-c4ccc(-c5cccnc5)cc4)c4nc(-c5ccc(-c6ccccc6)cc5)oc4c3)cc2)cc1.[C-]#[N+]c1ccc(-c2ccc(B3OC(C)(C)C(C)(C)O3)cc2)cc1. The number of aromatic nitrogens is 3. The smallest absolute Gasteiger partial charge is 0.487 e. The van der Waals surface area contributed by atoms with Crippen molar-refractivity contribution in [3.05, 3.63) is 362 Å². The average Bonchev–Trinajstić information content (AvgIpc) is 1.64. The van der Waals surface area contributed by atoms with Gasteiger partial charge in [-0.25, -0.2) is 14.7 Å². The summed E-state index contributed by atoms with van der Waals surface area (Å²) in [5.41, 5.74) is 31.7. The van der Waals surface area contributed by atoms with E-state index < -0.39 is 0 Å². The van der Waals surface area contributed by atoms with Gasteiger partial charge in [-0.3, -0.25) is 9.97 Å². The van der Waals surface area contributed by atoms with E-state index in [2.05, 4.69) is 211 Å². The van der Waals surface area contributed by atoms with Gasteiger partial charge in [-0.2, -0.15) is 0 Å². The fraction of sp³-hybridized carbons (Fsp3) is 0.0761. The molecule has 1 saturated heterocycles. The molecule has 502 valence electrons. The van der Waals surface area contributed by atoms with E-state index in [0.717, 1.165) is 111 Å². The zero-order chi connectivity index (χ0) is 71.6. The molecule has 0 aliphatic carbocycles. The minimum atomic E-state index is -0.335. The van der Waals surface area contributed by atoms with Gasteiger partial charge in [0.15, 0.2) is 17.0 Å². The highest BCUT2D eigenvalue weighted by Gasteiger charge is 2.51. The number of halogens is 1. The maximum atomic E-state index is 7.23. The van der Waals surface area contributed by atoms with Crippen molar-refractivity contribution in [1.29, 1.82) is 0 Å². The number of hydrogen-bond acceptors (Lipinski definition) is 8. The molecule has 0 unspecified atom stereocenters. The summed E-state index contributed by atoms with van der Waals surface area (Å²) in [5.74, 6) is 1.16. The summed E-state index contributed by atoms with van der Waals surface area (Å²) in [6.45, 7) is 22.9. The van der Waals surface area contributed by atoms with Crippen molar-refractivity contribution in [3.8, 4) is 117 Å². The Morgan fingerprint density at radius 3 is 1.22 bits per heavy atom. The molecule has 4 heterocycles. The number of benzene rings is 12. The summed E-state index contributed by atoms with van der Waals surface area (Å²) in [5, 5.41) is 0.579. The third kappa shape index (κ3) is 15.6. The number of ether oxygens (including phenoxy) is 1. The zero-order valence-electron chi connectivity index (χ0n) is 57.8. The van der Waals surface area contributed by atoms with Crippen molar-refractivity contribution in [2.45, 2.75) is 45.5 Å². The van der Waals surface area contributed by atoms with Crippen LogP contribution < -0.4 is 15.9 Å². The van der Waals surface area contributed by atoms with Gasteiger partial charge in [-0.1, -0.05) is 266 Å². The van der Waals surface area contributed by atoms with E-state index in [1.165, 1.54) is 16.7 Å². The monoisotopic (exact) mass is 1370 g/mol. The topological polar surface area (TPSA) is 114 Å². The second-order valence-electron chi connectivity index (χ2n) is 26.3. The Morgan fingerprint density at radius 2 is 0.779 bits per heavy atom. The maximum Gasteiger partial charge on any atom is 0.494 e. The molecular weight excluding hydrogens is 1300 g/mol. The second-order valence-corrected chi connectivity index (χ2v) is 26.7. The van der Waals surface area contributed by atoms with Gasteiger partial charge in [0.2, 0.25) is 5.89 Å². The molecule has 10 nitrogen and oxygen atoms in total. The molecule has 1 aliphatic rings. The van der Waals surface area contributed by atoms with Crippen LogP contribution in [0.4, 0.5) is 17.1 Å². The molecule has 0 radical (unpaired) electrons. The first kappa shape index (κ1) is 68.4. The first-order chi connectivity index (χ1) is 50.7. The van der Waals surface area contributed by atoms with Crippen molar-refractivity contribution in [2.24, 2.45) is 0 Å². The van der Waals surface area contributed by atoms with Gasteiger partial charge in [-0.15, -0.1) is 0 Å². The average molecular weight is 1370 g/mol. The molecule has 16 rings (SSSR count). The number of nitrogens with zero attached hydrogens (tertiary/aromatic N) is 5. The first-order valence-corrected chi connectivity index (χ1v) is 34.6. The van der Waals surface area contributed by atoms with Crippen molar-refractivity contribution >= 4 is 52.3 Å². The Morgan fingerprint density at radius 1 is 0.404 bits per heavy atom. The number of pyridine rings is 2. The summed E-state index contributed by atoms with van der Waals surface area (Å²) in [6, 6.07) is 102. The Balaban J connectivity index is 0.000000140. The van der Waals surface area contributed by atoms with E-state index >= 15 is 0 Å². The molecule has 0 saturated carbocycles. The van der Waals surface area contributed by atoms with Gasteiger partial charge in [-0.05, 0) is 170 Å². The molecule has 0 atom stereocenters. The van der Waals surface area contributed by atoms with Gasteiger partial charge in [0.1, 0.15) is 17.9 Å². The lowest BCUT2D eigenvalue weighted by atomic mass is 9.78. The first-order valence-electron chi connectivity index (χ1n) is 34.2. The lowest BCUT2D eigenvalue weighted by Gasteiger charge is -2.32. The lowest BCUT2D eigenvalue weighted by molar-refractivity contribution is 0.00578. The molecule has 12 heteroatoms. The van der Waals surface area contributed by atoms with Gasteiger partial charge in [0.05, 0.1) is 30.0 Å². The molecule has 3 aromatic heterocycles. The highest BCUT2D eigenvalue weighted by molar-refractivity contribution is 6.62. The van der Waals surface area contributed by atoms with Crippen molar-refractivity contribution < 1.29 is 18.5 Å². The molecule has 104 heavy (non-hydrogen) atoms. The van der Waals surface area contributed by atoms with E-state index in [1.54, 1.807) is 18.5 Å². The van der Waals surface area contributed by atoms with Crippen molar-refractivity contribution in [3.63, 3.8) is 0 Å². The van der Waals surface area contributed by atoms with Gasteiger partial charge >= 0.3 is 7.12 Å². The van der Waals surface area contributed by atoms with Crippen LogP contribution >= 0.6 is 11.6 Å². The maximum absolute atomic E-state index is 7.23. The summed E-state index contributed by atoms with van der Waals surface area (Å²) in [7, 11) is -0.335. The Hall–Kier alpha value is -12.7.